The predicted molar refractivity (Wildman–Crippen MR) is 70.9 cm³/mol. The van der Waals surface area contributed by atoms with Crippen LogP contribution in [-0.2, 0) is 5.88 Å². The van der Waals surface area contributed by atoms with E-state index in [1.165, 1.54) is 0 Å². The second-order valence-electron chi connectivity index (χ2n) is 3.79. The third kappa shape index (κ3) is 2.46. The van der Waals surface area contributed by atoms with Crippen LogP contribution in [0.5, 0.6) is 11.5 Å². The van der Waals surface area contributed by atoms with Gasteiger partial charge >= 0.3 is 0 Å². The monoisotopic (exact) mass is 306 g/mol. The van der Waals surface area contributed by atoms with Gasteiger partial charge in [0.25, 0.3) is 0 Å². The van der Waals surface area contributed by atoms with Crippen LogP contribution in [0.2, 0.25) is 0 Å². The van der Waals surface area contributed by atoms with E-state index in [0.29, 0.717) is 11.8 Å². The van der Waals surface area contributed by atoms with E-state index in [4.69, 9.17) is 21.1 Å². The van der Waals surface area contributed by atoms with Crippen molar-refractivity contribution in [1.29, 1.82) is 0 Å². The standard InChI is InChI=1S/C12H16BrClO2/c1-7(2)10-9(15-3)5-8(6-14)11(13)12(10)16-4/h5,7H,6H2,1-4H3. The van der Waals surface area contributed by atoms with Crippen molar-refractivity contribution in [2.75, 3.05) is 14.2 Å². The van der Waals surface area contributed by atoms with Crippen molar-refractivity contribution in [3.8, 4) is 11.5 Å². The molecular formula is C12H16BrClO2. The lowest BCUT2D eigenvalue weighted by Gasteiger charge is -2.19. The van der Waals surface area contributed by atoms with Crippen LogP contribution in [0.25, 0.3) is 0 Å². The molecule has 0 saturated heterocycles. The van der Waals surface area contributed by atoms with E-state index in [1.807, 2.05) is 6.07 Å². The molecule has 0 atom stereocenters. The highest BCUT2D eigenvalue weighted by atomic mass is 79.9. The van der Waals surface area contributed by atoms with Crippen LogP contribution < -0.4 is 9.47 Å². The van der Waals surface area contributed by atoms with Gasteiger partial charge in [-0.2, -0.15) is 0 Å². The Labute approximate surface area is 110 Å². The predicted octanol–water partition coefficient (Wildman–Crippen LogP) is 4.33. The number of benzene rings is 1. The van der Waals surface area contributed by atoms with Gasteiger partial charge in [-0.3, -0.25) is 0 Å². The van der Waals surface area contributed by atoms with Crippen molar-refractivity contribution in [1.82, 2.24) is 0 Å². The summed E-state index contributed by atoms with van der Waals surface area (Å²) in [7, 11) is 3.32. The summed E-state index contributed by atoms with van der Waals surface area (Å²) in [6.45, 7) is 4.21. The third-order valence-electron chi connectivity index (χ3n) is 2.44. The molecule has 0 spiro atoms. The van der Waals surface area contributed by atoms with Gasteiger partial charge in [0.05, 0.1) is 18.7 Å². The van der Waals surface area contributed by atoms with E-state index in [9.17, 15) is 0 Å². The summed E-state index contributed by atoms with van der Waals surface area (Å²) in [6.07, 6.45) is 0. The summed E-state index contributed by atoms with van der Waals surface area (Å²) < 4.78 is 11.7. The zero-order valence-corrected chi connectivity index (χ0v) is 12.3. The smallest absolute Gasteiger partial charge is 0.140 e. The Hall–Kier alpha value is -0.410. The SMILES string of the molecule is COc1cc(CCl)c(Br)c(OC)c1C(C)C. The van der Waals surface area contributed by atoms with Gasteiger partial charge in [-0.15, -0.1) is 11.6 Å². The molecule has 0 radical (unpaired) electrons. The summed E-state index contributed by atoms with van der Waals surface area (Å²) in [5.74, 6) is 2.38. The van der Waals surface area contributed by atoms with Crippen molar-refractivity contribution in [3.63, 3.8) is 0 Å². The Morgan fingerprint density at radius 2 is 1.94 bits per heavy atom. The van der Waals surface area contributed by atoms with Crippen molar-refractivity contribution in [2.24, 2.45) is 0 Å². The molecule has 4 heteroatoms. The molecule has 1 aromatic carbocycles. The summed E-state index contributed by atoms with van der Waals surface area (Å²) >= 11 is 9.40. The summed E-state index contributed by atoms with van der Waals surface area (Å²) in [6, 6.07) is 1.95. The molecule has 0 amide bonds. The molecule has 0 fully saturated rings. The minimum atomic E-state index is 0.325. The summed E-state index contributed by atoms with van der Waals surface area (Å²) in [5.41, 5.74) is 2.03. The molecule has 2 nitrogen and oxygen atoms in total. The van der Waals surface area contributed by atoms with Crippen LogP contribution in [0.4, 0.5) is 0 Å². The van der Waals surface area contributed by atoms with E-state index >= 15 is 0 Å². The van der Waals surface area contributed by atoms with Crippen LogP contribution in [0, 0.1) is 0 Å². The minimum Gasteiger partial charge on any atom is -0.496 e. The number of halogens is 2. The second kappa shape index (κ2) is 5.78. The molecule has 1 aromatic rings. The van der Waals surface area contributed by atoms with E-state index < -0.39 is 0 Å². The molecule has 90 valence electrons. The van der Waals surface area contributed by atoms with Crippen molar-refractivity contribution >= 4 is 27.5 Å². The normalized spacial score (nSPS) is 10.7. The molecule has 0 unspecified atom stereocenters. The molecule has 1 rings (SSSR count). The lowest BCUT2D eigenvalue weighted by molar-refractivity contribution is 0.379. The number of rotatable bonds is 4. The number of alkyl halides is 1. The molecule has 0 aliphatic rings. The van der Waals surface area contributed by atoms with Crippen molar-refractivity contribution < 1.29 is 9.47 Å². The minimum absolute atomic E-state index is 0.325. The van der Waals surface area contributed by atoms with E-state index in [2.05, 4.69) is 29.8 Å². The van der Waals surface area contributed by atoms with Gasteiger partial charge in [-0.1, -0.05) is 13.8 Å². The fraction of sp³-hybridized carbons (Fsp3) is 0.500. The highest BCUT2D eigenvalue weighted by Gasteiger charge is 2.19. The summed E-state index contributed by atoms with van der Waals surface area (Å²) in [5, 5.41) is 0. The first-order chi connectivity index (χ1) is 7.56. The Kier molecular flexibility index (Phi) is 4.93. The number of methoxy groups -OCH3 is 2. The highest BCUT2D eigenvalue weighted by molar-refractivity contribution is 9.10. The maximum atomic E-state index is 5.88. The first kappa shape index (κ1) is 13.7. The van der Waals surface area contributed by atoms with Gasteiger partial charge in [0, 0.05) is 11.4 Å². The molecule has 0 aromatic heterocycles. The largest absolute Gasteiger partial charge is 0.496 e. The highest BCUT2D eigenvalue weighted by Crippen LogP contribution is 2.42. The lowest BCUT2D eigenvalue weighted by atomic mass is 9.99. The third-order valence-corrected chi connectivity index (χ3v) is 3.60. The fourth-order valence-electron chi connectivity index (χ4n) is 1.69. The first-order valence-corrected chi connectivity index (χ1v) is 6.38. The van der Waals surface area contributed by atoms with E-state index in [-0.39, 0.29) is 0 Å². The Bertz CT molecular complexity index is 378. The second-order valence-corrected chi connectivity index (χ2v) is 4.85. The zero-order valence-electron chi connectivity index (χ0n) is 9.93. The average molecular weight is 308 g/mol. The fourth-order valence-corrected chi connectivity index (χ4v) is 2.69. The molecule has 16 heavy (non-hydrogen) atoms. The average Bonchev–Trinajstić information content (AvgIpc) is 2.27. The first-order valence-electron chi connectivity index (χ1n) is 5.06. The van der Waals surface area contributed by atoms with Gasteiger partial charge in [-0.05, 0) is 33.5 Å². The molecule has 0 aliphatic carbocycles. The zero-order chi connectivity index (χ0) is 12.3. The molecule has 0 N–H and O–H groups in total. The molecular weight excluding hydrogens is 291 g/mol. The molecule has 0 saturated carbocycles. The van der Waals surface area contributed by atoms with Gasteiger partial charge in [0.1, 0.15) is 11.5 Å². The molecule has 0 heterocycles. The van der Waals surface area contributed by atoms with Crippen LogP contribution >= 0.6 is 27.5 Å². The van der Waals surface area contributed by atoms with Crippen molar-refractivity contribution in [3.05, 3.63) is 21.7 Å². The van der Waals surface area contributed by atoms with Crippen LogP contribution in [-0.4, -0.2) is 14.2 Å². The lowest BCUT2D eigenvalue weighted by Crippen LogP contribution is -2.01. The Morgan fingerprint density at radius 3 is 2.31 bits per heavy atom. The number of ether oxygens (including phenoxy) is 2. The van der Waals surface area contributed by atoms with Gasteiger partial charge in [0.15, 0.2) is 0 Å². The maximum Gasteiger partial charge on any atom is 0.140 e. The quantitative estimate of drug-likeness (QED) is 0.771. The Morgan fingerprint density at radius 1 is 1.31 bits per heavy atom. The Balaban J connectivity index is 3.50. The molecule has 0 aliphatic heterocycles. The number of hydrogen-bond acceptors (Lipinski definition) is 2. The summed E-state index contributed by atoms with van der Waals surface area (Å²) in [4.78, 5) is 0. The van der Waals surface area contributed by atoms with Crippen LogP contribution in [0.1, 0.15) is 30.9 Å². The van der Waals surface area contributed by atoms with Crippen molar-refractivity contribution in [2.45, 2.75) is 25.6 Å². The van der Waals surface area contributed by atoms with E-state index in [1.54, 1.807) is 14.2 Å². The van der Waals surface area contributed by atoms with Gasteiger partial charge in [0.2, 0.25) is 0 Å². The van der Waals surface area contributed by atoms with Crippen LogP contribution in [0.15, 0.2) is 10.5 Å². The van der Waals surface area contributed by atoms with E-state index in [0.717, 1.165) is 27.1 Å². The topological polar surface area (TPSA) is 18.5 Å². The van der Waals surface area contributed by atoms with Gasteiger partial charge < -0.3 is 9.47 Å². The number of hydrogen-bond donors (Lipinski definition) is 0. The molecule has 0 bridgehead atoms. The maximum absolute atomic E-state index is 5.88. The van der Waals surface area contributed by atoms with Crippen LogP contribution in [0.3, 0.4) is 0 Å². The van der Waals surface area contributed by atoms with Gasteiger partial charge in [-0.25, -0.2) is 0 Å².